The van der Waals surface area contributed by atoms with Gasteiger partial charge in [0.05, 0.1) is 11.4 Å². The van der Waals surface area contributed by atoms with E-state index in [0.29, 0.717) is 5.82 Å². The quantitative estimate of drug-likeness (QED) is 0.173. The third-order valence-corrected chi connectivity index (χ3v) is 11.2. The fourth-order valence-electron chi connectivity index (χ4n) is 7.43. The van der Waals surface area contributed by atoms with Crippen molar-refractivity contribution in [2.45, 2.75) is 0 Å². The van der Waals surface area contributed by atoms with E-state index in [-0.39, 0.29) is 0 Å². The zero-order valence-electron chi connectivity index (χ0n) is 28.8. The van der Waals surface area contributed by atoms with E-state index in [1.54, 1.807) is 0 Å². The highest BCUT2D eigenvalue weighted by molar-refractivity contribution is 7.25. The van der Waals surface area contributed by atoms with E-state index in [4.69, 9.17) is 9.97 Å². The van der Waals surface area contributed by atoms with Crippen molar-refractivity contribution in [1.82, 2.24) is 9.97 Å². The van der Waals surface area contributed by atoms with Crippen LogP contribution in [0.15, 0.2) is 194 Å². The average molecular weight is 693 g/mol. The summed E-state index contributed by atoms with van der Waals surface area (Å²) in [6.45, 7) is 0. The molecule has 0 aliphatic heterocycles. The Hall–Kier alpha value is -6.68. The van der Waals surface area contributed by atoms with Crippen molar-refractivity contribution in [1.29, 1.82) is 0 Å². The fourth-order valence-corrected chi connectivity index (χ4v) is 8.57. The van der Waals surface area contributed by atoms with E-state index in [1.165, 1.54) is 47.6 Å². The molecule has 0 aliphatic rings. The molecule has 0 N–H and O–H groups in total. The summed E-state index contributed by atoms with van der Waals surface area (Å²) in [4.78, 5) is 10.5. The average Bonchev–Trinajstić information content (AvgIpc) is 3.62. The number of fused-ring (bicyclic) bond motifs is 4. The lowest BCUT2D eigenvalue weighted by atomic mass is 9.92. The predicted molar refractivity (Wildman–Crippen MR) is 225 cm³/mol. The van der Waals surface area contributed by atoms with Crippen LogP contribution in [-0.2, 0) is 0 Å². The Morgan fingerprint density at radius 2 is 0.868 bits per heavy atom. The molecule has 0 unspecified atom stereocenters. The number of aromatic nitrogens is 2. The highest BCUT2D eigenvalue weighted by Gasteiger charge is 2.16. The van der Waals surface area contributed by atoms with Crippen molar-refractivity contribution >= 4 is 42.3 Å². The van der Waals surface area contributed by atoms with Gasteiger partial charge in [-0.2, -0.15) is 0 Å². The van der Waals surface area contributed by atoms with E-state index < -0.39 is 0 Å². The Labute approximate surface area is 312 Å². The molecule has 8 aromatic carbocycles. The minimum Gasteiger partial charge on any atom is -0.228 e. The van der Waals surface area contributed by atoms with Crippen LogP contribution in [0.3, 0.4) is 0 Å². The number of nitrogens with zero attached hydrogens (tertiary/aromatic N) is 2. The summed E-state index contributed by atoms with van der Waals surface area (Å²) in [5, 5.41) is 5.05. The summed E-state index contributed by atoms with van der Waals surface area (Å²) in [5.41, 5.74) is 11.8. The minimum atomic E-state index is 0.701. The lowest BCUT2D eigenvalue weighted by Crippen LogP contribution is -1.97. The second-order valence-electron chi connectivity index (χ2n) is 13.4. The maximum atomic E-state index is 5.28. The summed E-state index contributed by atoms with van der Waals surface area (Å²) in [6.07, 6.45) is 0. The Kier molecular flexibility index (Phi) is 7.71. The largest absolute Gasteiger partial charge is 0.228 e. The van der Waals surface area contributed by atoms with Crippen LogP contribution in [0.1, 0.15) is 0 Å². The van der Waals surface area contributed by atoms with Crippen LogP contribution in [0.5, 0.6) is 0 Å². The maximum Gasteiger partial charge on any atom is 0.160 e. The highest BCUT2D eigenvalue weighted by atomic mass is 32.1. The first kappa shape index (κ1) is 31.1. The molecular weight excluding hydrogens is 661 g/mol. The van der Waals surface area contributed by atoms with Crippen LogP contribution in [0.25, 0.3) is 98.2 Å². The van der Waals surface area contributed by atoms with Gasteiger partial charge in [-0.1, -0.05) is 152 Å². The molecule has 0 atom stereocenters. The smallest absolute Gasteiger partial charge is 0.160 e. The summed E-state index contributed by atoms with van der Waals surface area (Å²) in [7, 11) is 0. The van der Waals surface area contributed by atoms with Gasteiger partial charge in [-0.25, -0.2) is 9.97 Å². The third kappa shape index (κ3) is 5.87. The lowest BCUT2D eigenvalue weighted by Gasteiger charge is -2.15. The number of rotatable bonds is 6. The van der Waals surface area contributed by atoms with Gasteiger partial charge in [0.25, 0.3) is 0 Å². The van der Waals surface area contributed by atoms with E-state index >= 15 is 0 Å². The monoisotopic (exact) mass is 692 g/mol. The zero-order valence-corrected chi connectivity index (χ0v) is 29.6. The first-order valence-electron chi connectivity index (χ1n) is 17.9. The molecule has 0 bridgehead atoms. The molecule has 0 radical (unpaired) electrons. The first-order chi connectivity index (χ1) is 26.2. The second-order valence-corrected chi connectivity index (χ2v) is 14.5. The number of thiophene rings is 1. The third-order valence-electron chi connectivity index (χ3n) is 10.1. The van der Waals surface area contributed by atoms with Crippen LogP contribution in [-0.4, -0.2) is 9.97 Å². The molecule has 0 fully saturated rings. The molecule has 2 heterocycles. The maximum absolute atomic E-state index is 5.28. The molecule has 248 valence electrons. The SMILES string of the molecule is c1ccc(-c2cccc(-c3cc(-c4cc(-c5ccc6c(c5)sc5ccccc56)cc(-c5cccc6ccccc56)c4)nc(-c4ccccc4)n3)c2)cc1. The lowest BCUT2D eigenvalue weighted by molar-refractivity contribution is 1.18. The van der Waals surface area contributed by atoms with Crippen molar-refractivity contribution in [3.8, 4) is 67.3 Å². The highest BCUT2D eigenvalue weighted by Crippen LogP contribution is 2.40. The van der Waals surface area contributed by atoms with Gasteiger partial charge in [-0.05, 0) is 86.6 Å². The van der Waals surface area contributed by atoms with E-state index in [0.717, 1.165) is 44.8 Å². The van der Waals surface area contributed by atoms with Gasteiger partial charge in [-0.3, -0.25) is 0 Å². The second kappa shape index (κ2) is 13.1. The van der Waals surface area contributed by atoms with Crippen LogP contribution in [0.2, 0.25) is 0 Å². The summed E-state index contributed by atoms with van der Waals surface area (Å²) >= 11 is 1.85. The van der Waals surface area contributed by atoms with Gasteiger partial charge in [0.2, 0.25) is 0 Å². The number of hydrogen-bond donors (Lipinski definition) is 0. The fraction of sp³-hybridized carbons (Fsp3) is 0. The zero-order chi connectivity index (χ0) is 35.1. The van der Waals surface area contributed by atoms with Crippen LogP contribution >= 0.6 is 11.3 Å². The van der Waals surface area contributed by atoms with Gasteiger partial charge in [-0.15, -0.1) is 11.3 Å². The minimum absolute atomic E-state index is 0.701. The summed E-state index contributed by atoms with van der Waals surface area (Å²) < 4.78 is 2.60. The molecule has 0 saturated heterocycles. The summed E-state index contributed by atoms with van der Waals surface area (Å²) in [5.74, 6) is 0.701. The van der Waals surface area contributed by atoms with E-state index in [1.807, 2.05) is 29.5 Å². The number of benzene rings is 8. The van der Waals surface area contributed by atoms with Gasteiger partial charge in [0, 0.05) is 36.9 Å². The molecule has 3 heteroatoms. The molecule has 10 aromatic rings. The number of hydrogen-bond acceptors (Lipinski definition) is 3. The van der Waals surface area contributed by atoms with Crippen molar-refractivity contribution < 1.29 is 0 Å². The molecule has 0 saturated carbocycles. The first-order valence-corrected chi connectivity index (χ1v) is 18.7. The van der Waals surface area contributed by atoms with Gasteiger partial charge in [0.15, 0.2) is 5.82 Å². The molecule has 10 rings (SSSR count). The van der Waals surface area contributed by atoms with Crippen LogP contribution in [0, 0.1) is 0 Å². The Morgan fingerprint density at radius 1 is 0.302 bits per heavy atom. The van der Waals surface area contributed by atoms with Gasteiger partial charge in [0.1, 0.15) is 0 Å². The van der Waals surface area contributed by atoms with Gasteiger partial charge < -0.3 is 0 Å². The molecule has 0 spiro atoms. The molecule has 2 nitrogen and oxygen atoms in total. The predicted octanol–water partition coefficient (Wildman–Crippen LogP) is 14.0. The Bertz CT molecular complexity index is 2940. The molecule has 2 aromatic heterocycles. The molecular formula is C50H32N2S. The standard InChI is InChI=1S/C50H32N2S/c1-3-13-33(14-4-1)36-19-11-20-38(27-36)46-32-47(52-50(51-46)35-16-5-2-6-17-35)41-29-39(28-40(30-41)43-23-12-18-34-15-7-8-21-42(34)43)37-25-26-45-44-22-9-10-24-48(44)53-49(45)31-37/h1-32H. The van der Waals surface area contributed by atoms with E-state index in [9.17, 15) is 0 Å². The van der Waals surface area contributed by atoms with Crippen LogP contribution < -0.4 is 0 Å². The van der Waals surface area contributed by atoms with Crippen molar-refractivity contribution in [2.24, 2.45) is 0 Å². The molecule has 0 amide bonds. The van der Waals surface area contributed by atoms with Gasteiger partial charge >= 0.3 is 0 Å². The van der Waals surface area contributed by atoms with Crippen molar-refractivity contribution in [2.75, 3.05) is 0 Å². The van der Waals surface area contributed by atoms with Crippen molar-refractivity contribution in [3.63, 3.8) is 0 Å². The van der Waals surface area contributed by atoms with Crippen molar-refractivity contribution in [3.05, 3.63) is 194 Å². The normalized spacial score (nSPS) is 11.4. The van der Waals surface area contributed by atoms with E-state index in [2.05, 4.69) is 176 Å². The Balaban J connectivity index is 1.20. The molecule has 53 heavy (non-hydrogen) atoms. The molecule has 0 aliphatic carbocycles. The Morgan fingerprint density at radius 3 is 1.72 bits per heavy atom. The topological polar surface area (TPSA) is 25.8 Å². The van der Waals surface area contributed by atoms with Crippen LogP contribution in [0.4, 0.5) is 0 Å². The summed E-state index contributed by atoms with van der Waals surface area (Å²) in [6, 6.07) is 69.3.